The first-order chi connectivity index (χ1) is 15.5. The van der Waals surface area contributed by atoms with Gasteiger partial charge in [-0.3, -0.25) is 4.79 Å². The number of ether oxygens (including phenoxy) is 1. The smallest absolute Gasteiger partial charge is 0.258 e. The van der Waals surface area contributed by atoms with E-state index < -0.39 is 10.0 Å². The Bertz CT molecular complexity index is 1070. The van der Waals surface area contributed by atoms with Crippen molar-refractivity contribution < 1.29 is 17.9 Å². The summed E-state index contributed by atoms with van der Waals surface area (Å²) in [6.45, 7) is 3.17. The molecule has 2 fully saturated rings. The number of thioether (sulfide) groups is 1. The molecule has 0 atom stereocenters. The molecule has 2 aliphatic rings. The molecule has 1 aromatic heterocycles. The number of piperidine rings is 1. The van der Waals surface area contributed by atoms with Crippen molar-refractivity contribution in [1.29, 1.82) is 0 Å². The minimum atomic E-state index is -3.68. The number of nitrogens with one attached hydrogen (secondary N) is 1. The lowest BCUT2D eigenvalue weighted by Crippen LogP contribution is -2.40. The first-order valence-corrected chi connectivity index (χ1v) is 13.4. The minimum Gasteiger partial charge on any atom is -0.379 e. The van der Waals surface area contributed by atoms with Gasteiger partial charge in [-0.25, -0.2) is 13.4 Å². The number of hydrogen-bond donors (Lipinski definition) is 1. The molecule has 0 saturated carbocycles. The van der Waals surface area contributed by atoms with Crippen LogP contribution in [0.15, 0.2) is 46.5 Å². The van der Waals surface area contributed by atoms with E-state index in [0.717, 1.165) is 31.6 Å². The van der Waals surface area contributed by atoms with Crippen LogP contribution in [-0.2, 0) is 14.8 Å². The van der Waals surface area contributed by atoms with Gasteiger partial charge in [0.2, 0.25) is 10.0 Å². The van der Waals surface area contributed by atoms with E-state index in [0.29, 0.717) is 42.6 Å². The van der Waals surface area contributed by atoms with Crippen LogP contribution in [0.5, 0.6) is 0 Å². The van der Waals surface area contributed by atoms with E-state index in [1.807, 2.05) is 12.3 Å². The highest BCUT2D eigenvalue weighted by Gasteiger charge is 2.28. The van der Waals surface area contributed by atoms with Crippen LogP contribution in [0.1, 0.15) is 29.6 Å². The lowest BCUT2D eigenvalue weighted by atomic mass is 10.1. The van der Waals surface area contributed by atoms with Gasteiger partial charge in [-0.1, -0.05) is 0 Å². The Hall–Kier alpha value is -2.14. The summed E-state index contributed by atoms with van der Waals surface area (Å²) in [4.78, 5) is 19.8. The predicted molar refractivity (Wildman–Crippen MR) is 126 cm³/mol. The maximum atomic E-state index is 13.2. The zero-order valence-corrected chi connectivity index (χ0v) is 19.8. The molecule has 2 saturated heterocycles. The van der Waals surface area contributed by atoms with Gasteiger partial charge in [0.25, 0.3) is 5.91 Å². The van der Waals surface area contributed by atoms with E-state index in [9.17, 15) is 13.2 Å². The van der Waals surface area contributed by atoms with Gasteiger partial charge in [0, 0.05) is 32.4 Å². The number of sulfonamides is 1. The molecule has 0 aliphatic carbocycles. The Balaban J connectivity index is 1.70. The van der Waals surface area contributed by atoms with Crippen LogP contribution in [0.2, 0.25) is 0 Å². The molecular weight excluding hydrogens is 448 g/mol. The van der Waals surface area contributed by atoms with Crippen molar-refractivity contribution in [1.82, 2.24) is 9.29 Å². The first-order valence-electron chi connectivity index (χ1n) is 10.8. The number of pyridine rings is 1. The normalized spacial score (nSPS) is 17.8. The van der Waals surface area contributed by atoms with Gasteiger partial charge in [0.15, 0.2) is 0 Å². The minimum absolute atomic E-state index is 0.173. The number of rotatable bonds is 6. The van der Waals surface area contributed by atoms with E-state index in [-0.39, 0.29) is 10.8 Å². The SMILES string of the molecule is CSc1ncccc1C(=O)Nc1cc(S(=O)(=O)N2CCOCC2)ccc1N1CCCCC1. The molecule has 0 unspecified atom stereocenters. The Morgan fingerprint density at radius 3 is 2.56 bits per heavy atom. The average Bonchev–Trinajstić information content (AvgIpc) is 2.85. The monoisotopic (exact) mass is 476 g/mol. The first kappa shape index (κ1) is 23.0. The standard InChI is InChI=1S/C22H28N4O4S2/c1-31-22-18(6-5-9-23-22)21(27)24-19-16-17(32(28,29)26-12-14-30-15-13-26)7-8-20(19)25-10-3-2-4-11-25/h5-9,16H,2-4,10-15H2,1H3,(H,24,27). The molecule has 4 rings (SSSR count). The fraction of sp³-hybridized carbons (Fsp3) is 0.455. The van der Waals surface area contributed by atoms with Crippen molar-refractivity contribution >= 4 is 39.1 Å². The third-order valence-corrected chi connectivity index (χ3v) is 8.34. The van der Waals surface area contributed by atoms with Crippen molar-refractivity contribution in [2.24, 2.45) is 0 Å². The van der Waals surface area contributed by atoms with Gasteiger partial charge >= 0.3 is 0 Å². The average molecular weight is 477 g/mol. The summed E-state index contributed by atoms with van der Waals surface area (Å²) in [7, 11) is -3.68. The third-order valence-electron chi connectivity index (χ3n) is 5.73. The zero-order valence-electron chi connectivity index (χ0n) is 18.1. The summed E-state index contributed by atoms with van der Waals surface area (Å²) in [6.07, 6.45) is 6.83. The summed E-state index contributed by atoms with van der Waals surface area (Å²) in [5.74, 6) is -0.304. The Labute approximate surface area is 193 Å². The molecular formula is C22H28N4O4S2. The molecule has 0 spiro atoms. The Kier molecular flexibility index (Phi) is 7.34. The van der Waals surface area contributed by atoms with E-state index >= 15 is 0 Å². The quantitative estimate of drug-likeness (QED) is 0.641. The third kappa shape index (κ3) is 4.93. The predicted octanol–water partition coefficient (Wildman–Crippen LogP) is 3.07. The van der Waals surface area contributed by atoms with Gasteiger partial charge in [0.05, 0.1) is 35.0 Å². The molecule has 0 bridgehead atoms. The second kappa shape index (κ2) is 10.2. The summed E-state index contributed by atoms with van der Waals surface area (Å²) in [5.41, 5.74) is 1.81. The zero-order chi connectivity index (χ0) is 22.6. The van der Waals surface area contributed by atoms with Crippen molar-refractivity contribution in [2.75, 3.05) is 55.9 Å². The number of aromatic nitrogens is 1. The maximum absolute atomic E-state index is 13.2. The molecule has 10 heteroatoms. The van der Waals surface area contributed by atoms with Crippen molar-refractivity contribution in [3.63, 3.8) is 0 Å². The van der Waals surface area contributed by atoms with Crippen LogP contribution in [0.4, 0.5) is 11.4 Å². The lowest BCUT2D eigenvalue weighted by molar-refractivity contribution is 0.0730. The van der Waals surface area contributed by atoms with Gasteiger partial charge in [-0.2, -0.15) is 4.31 Å². The van der Waals surface area contributed by atoms with Crippen molar-refractivity contribution in [2.45, 2.75) is 29.2 Å². The van der Waals surface area contributed by atoms with Gasteiger partial charge in [-0.05, 0) is 55.9 Å². The van der Waals surface area contributed by atoms with Crippen molar-refractivity contribution in [3.8, 4) is 0 Å². The number of morpholine rings is 1. The second-order valence-electron chi connectivity index (χ2n) is 7.76. The fourth-order valence-electron chi connectivity index (χ4n) is 4.04. The largest absolute Gasteiger partial charge is 0.379 e. The summed E-state index contributed by atoms with van der Waals surface area (Å²) in [5, 5.41) is 3.60. The number of carbonyl (C=O) groups is 1. The van der Waals surface area contributed by atoms with Crippen LogP contribution in [0, 0.1) is 0 Å². The van der Waals surface area contributed by atoms with Crippen LogP contribution in [-0.4, -0.2) is 69.3 Å². The number of hydrogen-bond acceptors (Lipinski definition) is 7. The number of carbonyl (C=O) groups excluding carboxylic acids is 1. The highest BCUT2D eigenvalue weighted by atomic mass is 32.2. The van der Waals surface area contributed by atoms with Crippen LogP contribution in [0.3, 0.4) is 0 Å². The molecule has 8 nitrogen and oxygen atoms in total. The number of benzene rings is 1. The van der Waals surface area contributed by atoms with Gasteiger partial charge in [0.1, 0.15) is 5.03 Å². The summed E-state index contributed by atoms with van der Waals surface area (Å²) >= 11 is 1.40. The van der Waals surface area contributed by atoms with Gasteiger partial charge in [-0.15, -0.1) is 11.8 Å². The van der Waals surface area contributed by atoms with Gasteiger partial charge < -0.3 is 15.0 Å². The number of anilines is 2. The molecule has 0 radical (unpaired) electrons. The number of amides is 1. The Morgan fingerprint density at radius 1 is 1.09 bits per heavy atom. The van der Waals surface area contributed by atoms with E-state index in [1.165, 1.54) is 22.5 Å². The van der Waals surface area contributed by atoms with Crippen LogP contribution >= 0.6 is 11.8 Å². The van der Waals surface area contributed by atoms with Crippen molar-refractivity contribution in [3.05, 3.63) is 42.1 Å². The van der Waals surface area contributed by atoms with E-state index in [4.69, 9.17) is 4.74 Å². The molecule has 3 heterocycles. The number of nitrogens with zero attached hydrogens (tertiary/aromatic N) is 3. The molecule has 32 heavy (non-hydrogen) atoms. The fourth-order valence-corrected chi connectivity index (χ4v) is 6.02. The Morgan fingerprint density at radius 2 is 1.84 bits per heavy atom. The molecule has 1 N–H and O–H groups in total. The molecule has 2 aliphatic heterocycles. The van der Waals surface area contributed by atoms with Crippen LogP contribution in [0.25, 0.3) is 0 Å². The van der Waals surface area contributed by atoms with E-state index in [1.54, 1.807) is 30.5 Å². The molecule has 1 amide bonds. The summed E-state index contributed by atoms with van der Waals surface area (Å²) in [6, 6.07) is 8.49. The van der Waals surface area contributed by atoms with E-state index in [2.05, 4.69) is 15.2 Å². The molecule has 2 aromatic rings. The highest BCUT2D eigenvalue weighted by molar-refractivity contribution is 7.98. The summed E-state index contributed by atoms with van der Waals surface area (Å²) < 4.78 is 33.2. The van der Waals surface area contributed by atoms with Crippen LogP contribution < -0.4 is 10.2 Å². The highest BCUT2D eigenvalue weighted by Crippen LogP contribution is 2.33. The lowest BCUT2D eigenvalue weighted by Gasteiger charge is -2.31. The topological polar surface area (TPSA) is 91.8 Å². The maximum Gasteiger partial charge on any atom is 0.258 e. The molecule has 1 aromatic carbocycles. The second-order valence-corrected chi connectivity index (χ2v) is 10.5. The molecule has 172 valence electrons.